The molecule has 0 spiro atoms. The quantitative estimate of drug-likeness (QED) is 0.844. The lowest BCUT2D eigenvalue weighted by molar-refractivity contribution is 0.289. The topological polar surface area (TPSA) is 89.2 Å². The molecule has 0 bridgehead atoms. The smallest absolute Gasteiger partial charge is 0.216 e. The maximum Gasteiger partial charge on any atom is 0.216 e. The van der Waals surface area contributed by atoms with E-state index < -0.39 is 20.7 Å². The minimum atomic E-state index is -3.71. The largest absolute Gasteiger partial charge is 0.296 e. The van der Waals surface area contributed by atoms with Crippen molar-refractivity contribution in [2.45, 2.75) is 38.0 Å². The lowest BCUT2D eigenvalue weighted by atomic mass is 9.84. The fourth-order valence-corrected chi connectivity index (χ4v) is 4.63. The molecular weight excluding hydrogens is 320 g/mol. The van der Waals surface area contributed by atoms with Gasteiger partial charge in [0.25, 0.3) is 0 Å². The summed E-state index contributed by atoms with van der Waals surface area (Å²) in [7, 11) is -3.71. The van der Waals surface area contributed by atoms with Crippen LogP contribution >= 0.6 is 11.5 Å². The molecule has 122 valence electrons. The molecule has 1 heterocycles. The van der Waals surface area contributed by atoms with Crippen molar-refractivity contribution < 1.29 is 8.42 Å². The second-order valence-electron chi connectivity index (χ2n) is 5.51. The van der Waals surface area contributed by atoms with Gasteiger partial charge in [-0.25, -0.2) is 18.5 Å². The number of nitrogens with two attached hydrogens (primary N) is 1. The molecule has 2 N–H and O–H groups in total. The van der Waals surface area contributed by atoms with Gasteiger partial charge in [-0.2, -0.15) is 4.37 Å². The number of rotatable bonds is 6. The highest BCUT2D eigenvalue weighted by Crippen LogP contribution is 2.36. The Hall–Kier alpha value is -1.09. The van der Waals surface area contributed by atoms with E-state index in [0.29, 0.717) is 11.6 Å². The van der Waals surface area contributed by atoms with Crippen molar-refractivity contribution in [1.82, 2.24) is 14.3 Å². The second-order valence-corrected chi connectivity index (χ2v) is 7.95. The fourth-order valence-electron chi connectivity index (χ4n) is 2.54. The van der Waals surface area contributed by atoms with E-state index in [1.807, 2.05) is 19.1 Å². The molecule has 8 heteroatoms. The van der Waals surface area contributed by atoms with Crippen LogP contribution in [0.2, 0.25) is 0 Å². The van der Waals surface area contributed by atoms with Crippen LogP contribution in [-0.2, 0) is 22.0 Å². The number of primary sulfonamides is 1. The Labute approximate surface area is 136 Å². The summed E-state index contributed by atoms with van der Waals surface area (Å²) in [5, 5.41) is 5.24. The number of allylic oxidation sites excluding steroid dienone is 3. The van der Waals surface area contributed by atoms with Crippen molar-refractivity contribution in [1.29, 1.82) is 0 Å². The molecule has 0 radical (unpaired) electrons. The SMILES string of the molecule is CCN(CC)Cc1nsc(C2(C)C=CC=CC2S(N)(=O)=O)n1. The lowest BCUT2D eigenvalue weighted by Crippen LogP contribution is -2.43. The van der Waals surface area contributed by atoms with Gasteiger partial charge >= 0.3 is 0 Å². The summed E-state index contributed by atoms with van der Waals surface area (Å²) in [5.41, 5.74) is -0.776. The zero-order valence-corrected chi connectivity index (χ0v) is 14.7. The number of hydrogen-bond acceptors (Lipinski definition) is 6. The predicted octanol–water partition coefficient (Wildman–Crippen LogP) is 1.42. The molecule has 0 aromatic carbocycles. The summed E-state index contributed by atoms with van der Waals surface area (Å²) in [6.45, 7) is 8.52. The summed E-state index contributed by atoms with van der Waals surface area (Å²) in [4.78, 5) is 6.78. The van der Waals surface area contributed by atoms with Crippen molar-refractivity contribution in [3.63, 3.8) is 0 Å². The molecule has 2 unspecified atom stereocenters. The van der Waals surface area contributed by atoms with Crippen LogP contribution in [0.15, 0.2) is 24.3 Å². The highest BCUT2D eigenvalue weighted by molar-refractivity contribution is 7.90. The molecule has 0 fully saturated rings. The summed E-state index contributed by atoms with van der Waals surface area (Å²) in [5.74, 6) is 0.723. The maximum atomic E-state index is 11.9. The van der Waals surface area contributed by atoms with Crippen LogP contribution in [0.3, 0.4) is 0 Å². The Kier molecular flexibility index (Phi) is 5.16. The van der Waals surface area contributed by atoms with Crippen molar-refractivity contribution in [2.75, 3.05) is 13.1 Å². The van der Waals surface area contributed by atoms with Crippen LogP contribution in [0.4, 0.5) is 0 Å². The zero-order valence-electron chi connectivity index (χ0n) is 13.1. The Balaban J connectivity index is 2.32. The summed E-state index contributed by atoms with van der Waals surface area (Å²) in [6.07, 6.45) is 6.98. The highest BCUT2D eigenvalue weighted by atomic mass is 32.2. The minimum Gasteiger partial charge on any atom is -0.296 e. The van der Waals surface area contributed by atoms with Crippen LogP contribution < -0.4 is 5.14 Å². The van der Waals surface area contributed by atoms with Crippen LogP contribution in [0, 0.1) is 0 Å². The molecule has 2 rings (SSSR count). The van der Waals surface area contributed by atoms with Gasteiger partial charge in [0.1, 0.15) is 10.3 Å². The Bertz CT molecular complexity index is 677. The van der Waals surface area contributed by atoms with Crippen LogP contribution in [0.1, 0.15) is 31.6 Å². The van der Waals surface area contributed by atoms with E-state index in [0.717, 1.165) is 18.9 Å². The Morgan fingerprint density at radius 3 is 2.64 bits per heavy atom. The first-order valence-electron chi connectivity index (χ1n) is 7.24. The van der Waals surface area contributed by atoms with Gasteiger partial charge in [-0.15, -0.1) is 0 Å². The maximum absolute atomic E-state index is 11.9. The van der Waals surface area contributed by atoms with Gasteiger partial charge in [-0.05, 0) is 31.5 Å². The second kappa shape index (κ2) is 6.57. The first-order valence-corrected chi connectivity index (χ1v) is 9.62. The van der Waals surface area contributed by atoms with Crippen molar-refractivity contribution >= 4 is 21.6 Å². The van der Waals surface area contributed by atoms with Crippen LogP contribution in [0.25, 0.3) is 0 Å². The molecule has 1 aliphatic rings. The van der Waals surface area contributed by atoms with Crippen molar-refractivity contribution in [3.8, 4) is 0 Å². The van der Waals surface area contributed by atoms with Crippen LogP contribution in [0.5, 0.6) is 0 Å². The monoisotopic (exact) mass is 342 g/mol. The average molecular weight is 342 g/mol. The molecule has 0 saturated heterocycles. The van der Waals surface area contributed by atoms with E-state index in [2.05, 4.69) is 28.1 Å². The van der Waals surface area contributed by atoms with Gasteiger partial charge in [-0.3, -0.25) is 4.90 Å². The minimum absolute atomic E-state index is 0.666. The van der Waals surface area contributed by atoms with Gasteiger partial charge in [0.15, 0.2) is 5.82 Å². The molecule has 1 aliphatic carbocycles. The lowest BCUT2D eigenvalue weighted by Gasteiger charge is -2.31. The van der Waals surface area contributed by atoms with Crippen molar-refractivity contribution in [2.24, 2.45) is 5.14 Å². The molecule has 2 atom stereocenters. The average Bonchev–Trinajstić information content (AvgIpc) is 2.93. The third-order valence-corrected chi connectivity index (χ3v) is 6.33. The van der Waals surface area contributed by atoms with E-state index >= 15 is 0 Å². The van der Waals surface area contributed by atoms with Gasteiger partial charge in [0.05, 0.1) is 12.0 Å². The standard InChI is InChI=1S/C14H22N4O2S2/c1-4-18(5-2)10-12-16-13(21-17-12)14(3)9-7-6-8-11(14)22(15,19)20/h6-9,11H,4-5,10H2,1-3H3,(H2,15,19,20). The first-order chi connectivity index (χ1) is 10.3. The van der Waals surface area contributed by atoms with Crippen molar-refractivity contribution in [3.05, 3.63) is 35.1 Å². The van der Waals surface area contributed by atoms with Gasteiger partial charge < -0.3 is 0 Å². The molecule has 1 aromatic rings. The third kappa shape index (κ3) is 3.45. The molecule has 0 amide bonds. The first kappa shape index (κ1) is 17.3. The van der Waals surface area contributed by atoms with Gasteiger partial charge in [0, 0.05) is 0 Å². The molecule has 6 nitrogen and oxygen atoms in total. The number of hydrogen-bond donors (Lipinski definition) is 1. The molecular formula is C14H22N4O2S2. The molecule has 1 aromatic heterocycles. The fraction of sp³-hybridized carbons (Fsp3) is 0.571. The van der Waals surface area contributed by atoms with E-state index in [4.69, 9.17) is 5.14 Å². The normalized spacial score (nSPS) is 25.0. The molecule has 22 heavy (non-hydrogen) atoms. The number of sulfonamides is 1. The Morgan fingerprint density at radius 1 is 1.36 bits per heavy atom. The molecule has 0 saturated carbocycles. The summed E-state index contributed by atoms with van der Waals surface area (Å²) in [6, 6.07) is 0. The third-order valence-electron chi connectivity index (χ3n) is 3.97. The number of nitrogens with zero attached hydrogens (tertiary/aromatic N) is 3. The van der Waals surface area contributed by atoms with Gasteiger partial charge in [-0.1, -0.05) is 38.2 Å². The van der Waals surface area contributed by atoms with Gasteiger partial charge in [0.2, 0.25) is 10.0 Å². The van der Waals surface area contributed by atoms with E-state index in [1.54, 1.807) is 12.2 Å². The summed E-state index contributed by atoms with van der Waals surface area (Å²) < 4.78 is 28.2. The Morgan fingerprint density at radius 2 is 2.05 bits per heavy atom. The van der Waals surface area contributed by atoms with E-state index in [1.165, 1.54) is 11.5 Å². The van der Waals surface area contributed by atoms with Crippen LogP contribution in [-0.4, -0.2) is 41.0 Å². The zero-order chi connectivity index (χ0) is 16.4. The highest BCUT2D eigenvalue weighted by Gasteiger charge is 2.43. The van der Waals surface area contributed by atoms with E-state index in [9.17, 15) is 8.42 Å². The van der Waals surface area contributed by atoms with E-state index in [-0.39, 0.29) is 0 Å². The summed E-state index contributed by atoms with van der Waals surface area (Å²) >= 11 is 1.24. The molecule has 0 aliphatic heterocycles. The predicted molar refractivity (Wildman–Crippen MR) is 89.1 cm³/mol. The number of aromatic nitrogens is 2.